The lowest BCUT2D eigenvalue weighted by atomic mass is 9.71. The van der Waals surface area contributed by atoms with Crippen LogP contribution in [0.3, 0.4) is 0 Å². The fourth-order valence-corrected chi connectivity index (χ4v) is 2.48. The first kappa shape index (κ1) is 14.0. The van der Waals surface area contributed by atoms with Crippen molar-refractivity contribution < 1.29 is 4.79 Å². The van der Waals surface area contributed by atoms with Gasteiger partial charge in [-0.2, -0.15) is 0 Å². The van der Waals surface area contributed by atoms with E-state index in [4.69, 9.17) is 0 Å². The van der Waals surface area contributed by atoms with E-state index in [0.29, 0.717) is 18.3 Å². The van der Waals surface area contributed by atoms with Crippen molar-refractivity contribution in [2.75, 3.05) is 0 Å². The van der Waals surface area contributed by atoms with Gasteiger partial charge in [0.1, 0.15) is 0 Å². The van der Waals surface area contributed by atoms with Crippen LogP contribution in [-0.2, 0) is 0 Å². The zero-order valence-corrected chi connectivity index (χ0v) is 11.7. The van der Waals surface area contributed by atoms with Crippen LogP contribution in [0.25, 0.3) is 0 Å². The Labute approximate surface area is 105 Å². The molecule has 0 saturated heterocycles. The molecule has 0 spiro atoms. The van der Waals surface area contributed by atoms with Crippen LogP contribution in [0.2, 0.25) is 0 Å². The zero-order chi connectivity index (χ0) is 13.1. The summed E-state index contributed by atoms with van der Waals surface area (Å²) in [5, 5.41) is 0. The molecular formula is C16H24O. The molecule has 0 heterocycles. The van der Waals surface area contributed by atoms with Crippen molar-refractivity contribution in [2.45, 2.75) is 41.0 Å². The lowest BCUT2D eigenvalue weighted by Crippen LogP contribution is -2.28. The van der Waals surface area contributed by atoms with Gasteiger partial charge in [-0.25, -0.2) is 0 Å². The maximum atomic E-state index is 12.2. The van der Waals surface area contributed by atoms with E-state index in [1.807, 2.05) is 30.3 Å². The molecule has 1 heteroatoms. The molecular weight excluding hydrogens is 208 g/mol. The van der Waals surface area contributed by atoms with E-state index >= 15 is 0 Å². The average Bonchev–Trinajstić information content (AvgIpc) is 2.24. The highest BCUT2D eigenvalue weighted by molar-refractivity contribution is 5.96. The maximum Gasteiger partial charge on any atom is 0.163 e. The van der Waals surface area contributed by atoms with E-state index in [9.17, 15) is 4.79 Å². The summed E-state index contributed by atoms with van der Waals surface area (Å²) in [6.45, 7) is 11.1. The number of hydrogen-bond acceptors (Lipinski definition) is 1. The predicted octanol–water partition coefficient (Wildman–Crippen LogP) is 4.58. The highest BCUT2D eigenvalue weighted by Gasteiger charge is 2.29. The molecule has 0 amide bonds. The van der Waals surface area contributed by atoms with Gasteiger partial charge in [-0.05, 0) is 17.3 Å². The van der Waals surface area contributed by atoms with Gasteiger partial charge in [0.15, 0.2) is 5.78 Å². The molecule has 1 aromatic rings. The molecule has 0 fully saturated rings. The number of Topliss-reactive ketones (excluding diaryl/α,β-unsaturated/α-hetero) is 1. The van der Waals surface area contributed by atoms with E-state index in [1.54, 1.807) is 0 Å². The van der Waals surface area contributed by atoms with Crippen LogP contribution in [-0.4, -0.2) is 5.78 Å². The van der Waals surface area contributed by atoms with Gasteiger partial charge in [0.05, 0.1) is 0 Å². The summed E-state index contributed by atoms with van der Waals surface area (Å²) in [5.41, 5.74) is 1.01. The summed E-state index contributed by atoms with van der Waals surface area (Å²) >= 11 is 0. The van der Waals surface area contributed by atoms with Crippen molar-refractivity contribution in [3.63, 3.8) is 0 Å². The van der Waals surface area contributed by atoms with Gasteiger partial charge in [-0.1, -0.05) is 65.0 Å². The molecule has 1 atom stereocenters. The third kappa shape index (κ3) is 3.99. The normalized spacial score (nSPS) is 13.8. The van der Waals surface area contributed by atoms with Gasteiger partial charge in [-0.15, -0.1) is 0 Å². The number of carbonyl (C=O) groups excluding carboxylic acids is 1. The monoisotopic (exact) mass is 232 g/mol. The minimum Gasteiger partial charge on any atom is -0.294 e. The summed E-state index contributed by atoms with van der Waals surface area (Å²) in [6, 6.07) is 9.61. The number of rotatable bonds is 4. The van der Waals surface area contributed by atoms with Crippen molar-refractivity contribution in [1.82, 2.24) is 0 Å². The Bertz CT molecular complexity index is 357. The quantitative estimate of drug-likeness (QED) is 0.694. The van der Waals surface area contributed by atoms with Crippen molar-refractivity contribution in [3.8, 4) is 0 Å². The second kappa shape index (κ2) is 5.48. The van der Waals surface area contributed by atoms with Gasteiger partial charge in [-0.3, -0.25) is 4.79 Å². The van der Waals surface area contributed by atoms with Crippen LogP contribution in [0.5, 0.6) is 0 Å². The molecule has 0 radical (unpaired) electrons. The fraction of sp³-hybridized carbons (Fsp3) is 0.562. The van der Waals surface area contributed by atoms with E-state index in [-0.39, 0.29) is 11.2 Å². The molecule has 0 saturated carbocycles. The van der Waals surface area contributed by atoms with E-state index in [0.717, 1.165) is 5.56 Å². The molecule has 1 aromatic carbocycles. The Kier molecular flexibility index (Phi) is 4.50. The number of carbonyl (C=O) groups is 1. The molecule has 0 N–H and O–H groups in total. The summed E-state index contributed by atoms with van der Waals surface area (Å²) in [4.78, 5) is 12.2. The molecule has 1 rings (SSSR count). The summed E-state index contributed by atoms with van der Waals surface area (Å²) in [5.74, 6) is 1.22. The van der Waals surface area contributed by atoms with Crippen LogP contribution < -0.4 is 0 Å². The van der Waals surface area contributed by atoms with Gasteiger partial charge in [0.25, 0.3) is 0 Å². The van der Waals surface area contributed by atoms with E-state index in [2.05, 4.69) is 34.6 Å². The molecule has 1 nitrogen and oxygen atoms in total. The minimum absolute atomic E-state index is 0.179. The molecule has 0 bridgehead atoms. The molecule has 0 aliphatic carbocycles. The smallest absolute Gasteiger partial charge is 0.163 e. The zero-order valence-electron chi connectivity index (χ0n) is 11.7. The topological polar surface area (TPSA) is 17.1 Å². The standard InChI is InChI=1S/C16H24O/c1-12(2)14(16(3,4)5)11-15(17)13-9-7-6-8-10-13/h6-10,12,14H,11H2,1-5H3. The predicted molar refractivity (Wildman–Crippen MR) is 73.2 cm³/mol. The first-order valence-corrected chi connectivity index (χ1v) is 6.40. The number of ketones is 1. The molecule has 0 aromatic heterocycles. The van der Waals surface area contributed by atoms with Crippen molar-refractivity contribution in [1.29, 1.82) is 0 Å². The van der Waals surface area contributed by atoms with Gasteiger partial charge < -0.3 is 0 Å². The lowest BCUT2D eigenvalue weighted by Gasteiger charge is -2.33. The third-order valence-electron chi connectivity index (χ3n) is 3.42. The van der Waals surface area contributed by atoms with Crippen LogP contribution in [0.1, 0.15) is 51.4 Å². The highest BCUT2D eigenvalue weighted by Crippen LogP contribution is 2.35. The van der Waals surface area contributed by atoms with Gasteiger partial charge in [0.2, 0.25) is 0 Å². The summed E-state index contributed by atoms with van der Waals surface area (Å²) in [7, 11) is 0. The Balaban J connectivity index is 2.79. The molecule has 1 unspecified atom stereocenters. The first-order valence-electron chi connectivity index (χ1n) is 6.40. The summed E-state index contributed by atoms with van der Waals surface area (Å²) < 4.78 is 0. The Morgan fingerprint density at radius 3 is 2.06 bits per heavy atom. The number of benzene rings is 1. The summed E-state index contributed by atoms with van der Waals surface area (Å²) in [6.07, 6.45) is 0.644. The van der Waals surface area contributed by atoms with Crippen molar-refractivity contribution >= 4 is 5.78 Å². The molecule has 17 heavy (non-hydrogen) atoms. The van der Waals surface area contributed by atoms with Crippen LogP contribution >= 0.6 is 0 Å². The Hall–Kier alpha value is -1.11. The lowest BCUT2D eigenvalue weighted by molar-refractivity contribution is 0.0868. The average molecular weight is 232 g/mol. The second-order valence-electron chi connectivity index (χ2n) is 6.21. The van der Waals surface area contributed by atoms with Crippen LogP contribution in [0.4, 0.5) is 0 Å². The third-order valence-corrected chi connectivity index (χ3v) is 3.42. The maximum absolute atomic E-state index is 12.2. The largest absolute Gasteiger partial charge is 0.294 e. The van der Waals surface area contributed by atoms with Crippen molar-refractivity contribution in [2.24, 2.45) is 17.3 Å². The van der Waals surface area contributed by atoms with Gasteiger partial charge in [0, 0.05) is 12.0 Å². The SMILES string of the molecule is CC(C)C(CC(=O)c1ccccc1)C(C)(C)C. The van der Waals surface area contributed by atoms with Crippen LogP contribution in [0, 0.1) is 17.3 Å². The fourth-order valence-electron chi connectivity index (χ4n) is 2.48. The van der Waals surface area contributed by atoms with Crippen molar-refractivity contribution in [3.05, 3.63) is 35.9 Å². The number of hydrogen-bond donors (Lipinski definition) is 0. The van der Waals surface area contributed by atoms with E-state index < -0.39 is 0 Å². The molecule has 94 valence electrons. The highest BCUT2D eigenvalue weighted by atomic mass is 16.1. The minimum atomic E-state index is 0.179. The molecule has 0 aliphatic heterocycles. The van der Waals surface area contributed by atoms with Gasteiger partial charge >= 0.3 is 0 Å². The second-order valence-corrected chi connectivity index (χ2v) is 6.21. The van der Waals surface area contributed by atoms with Crippen LogP contribution in [0.15, 0.2) is 30.3 Å². The first-order chi connectivity index (χ1) is 7.82. The molecule has 0 aliphatic rings. The Morgan fingerprint density at radius 1 is 1.12 bits per heavy atom. The Morgan fingerprint density at radius 2 is 1.65 bits per heavy atom. The van der Waals surface area contributed by atoms with E-state index in [1.165, 1.54) is 0 Å².